The minimum Gasteiger partial charge on any atom is -0.377 e. The number of nitrogens with zero attached hydrogens (tertiary/aromatic N) is 5. The molecule has 4 heterocycles. The summed E-state index contributed by atoms with van der Waals surface area (Å²) in [6.45, 7) is 2.70. The van der Waals surface area contributed by atoms with E-state index in [1.807, 2.05) is 11.8 Å². The van der Waals surface area contributed by atoms with Crippen molar-refractivity contribution in [2.75, 3.05) is 29.6 Å². The smallest absolute Gasteiger partial charge is 0.377 e. The molecule has 0 radical (unpaired) electrons. The molecule has 0 N–H and O–H groups in total. The van der Waals surface area contributed by atoms with E-state index in [0.717, 1.165) is 4.90 Å². The van der Waals surface area contributed by atoms with Crippen LogP contribution in [0.25, 0.3) is 0 Å². The molecule has 2 aromatic rings. The van der Waals surface area contributed by atoms with Crippen molar-refractivity contribution in [3.8, 4) is 0 Å². The zero-order valence-electron chi connectivity index (χ0n) is 16.3. The van der Waals surface area contributed by atoms with Crippen LogP contribution in [0.4, 0.5) is 29.3 Å². The van der Waals surface area contributed by atoms with E-state index in [0.29, 0.717) is 25.6 Å². The summed E-state index contributed by atoms with van der Waals surface area (Å²) in [4.78, 5) is 23.5. The molecule has 0 amide bonds. The molecule has 0 aliphatic carbocycles. The van der Waals surface area contributed by atoms with Gasteiger partial charge in [0.1, 0.15) is 11.9 Å². The molecule has 1 saturated heterocycles. The first-order valence-corrected chi connectivity index (χ1v) is 9.64. The number of hydrogen-bond acceptors (Lipinski definition) is 6. The molecule has 2 atom stereocenters. The maximum absolute atomic E-state index is 14.1. The van der Waals surface area contributed by atoms with Gasteiger partial charge in [-0.3, -0.25) is 9.36 Å². The van der Waals surface area contributed by atoms with Crippen molar-refractivity contribution in [2.45, 2.75) is 44.7 Å². The Balaban J connectivity index is 1.80. The molecule has 2 unspecified atom stereocenters. The average molecular weight is 427 g/mol. The standard InChI is InChI=1S/C19H21F4N5O2/c1-12-11-30-8-7-26(12)15-9-16(29)27-6-4-14(19(21,22)23)28(18(27)25-15)10-13-3-2-5-24-17(13)20/h2-3,5,9,12,14H,4,6-8,10-11H2,1H3. The van der Waals surface area contributed by atoms with Crippen molar-refractivity contribution in [1.82, 2.24) is 14.5 Å². The summed E-state index contributed by atoms with van der Waals surface area (Å²) < 4.78 is 62.2. The van der Waals surface area contributed by atoms with Gasteiger partial charge in [-0.15, -0.1) is 0 Å². The molecule has 2 aliphatic heterocycles. The molecule has 0 saturated carbocycles. The predicted molar refractivity (Wildman–Crippen MR) is 101 cm³/mol. The lowest BCUT2D eigenvalue weighted by atomic mass is 10.1. The number of rotatable bonds is 3. The largest absolute Gasteiger partial charge is 0.408 e. The van der Waals surface area contributed by atoms with Crippen LogP contribution in [0, 0.1) is 5.95 Å². The van der Waals surface area contributed by atoms with Crippen molar-refractivity contribution >= 4 is 11.8 Å². The highest BCUT2D eigenvalue weighted by molar-refractivity contribution is 5.48. The highest BCUT2D eigenvalue weighted by atomic mass is 19.4. The van der Waals surface area contributed by atoms with Crippen molar-refractivity contribution < 1.29 is 22.3 Å². The van der Waals surface area contributed by atoms with Crippen molar-refractivity contribution in [1.29, 1.82) is 0 Å². The first-order chi connectivity index (χ1) is 14.3. The Morgan fingerprint density at radius 2 is 2.10 bits per heavy atom. The third-order valence-corrected chi connectivity index (χ3v) is 5.45. The van der Waals surface area contributed by atoms with Crippen LogP contribution in [0.2, 0.25) is 0 Å². The van der Waals surface area contributed by atoms with E-state index in [4.69, 9.17) is 4.74 Å². The zero-order valence-corrected chi connectivity index (χ0v) is 16.3. The van der Waals surface area contributed by atoms with Crippen LogP contribution in [0.3, 0.4) is 0 Å². The number of pyridine rings is 1. The molecule has 4 rings (SSSR count). The molecule has 7 nitrogen and oxygen atoms in total. The van der Waals surface area contributed by atoms with Gasteiger partial charge in [-0.1, -0.05) is 6.07 Å². The van der Waals surface area contributed by atoms with E-state index in [9.17, 15) is 22.4 Å². The van der Waals surface area contributed by atoms with E-state index in [1.165, 1.54) is 29.0 Å². The molecule has 30 heavy (non-hydrogen) atoms. The Kier molecular flexibility index (Phi) is 5.39. The van der Waals surface area contributed by atoms with E-state index in [-0.39, 0.29) is 30.5 Å². The maximum Gasteiger partial charge on any atom is 0.408 e. The number of alkyl halides is 3. The Bertz CT molecular complexity index is 980. The van der Waals surface area contributed by atoms with Gasteiger partial charge < -0.3 is 14.5 Å². The lowest BCUT2D eigenvalue weighted by Crippen LogP contribution is -2.52. The molecule has 0 aromatic carbocycles. The summed E-state index contributed by atoms with van der Waals surface area (Å²) in [5, 5.41) is 0. The predicted octanol–water partition coefficient (Wildman–Crippen LogP) is 2.34. The quantitative estimate of drug-likeness (QED) is 0.554. The fraction of sp³-hybridized carbons (Fsp3) is 0.526. The lowest BCUT2D eigenvalue weighted by Gasteiger charge is -2.40. The number of halogens is 4. The second kappa shape index (κ2) is 7.86. The summed E-state index contributed by atoms with van der Waals surface area (Å²) in [5.41, 5.74) is -0.439. The minimum atomic E-state index is -4.57. The Labute approximate surface area is 169 Å². The number of fused-ring (bicyclic) bond motifs is 1. The number of aromatic nitrogens is 3. The summed E-state index contributed by atoms with van der Waals surface area (Å²) >= 11 is 0. The molecular formula is C19H21F4N5O2. The van der Waals surface area contributed by atoms with Crippen LogP contribution in [0.5, 0.6) is 0 Å². The van der Waals surface area contributed by atoms with Crippen LogP contribution >= 0.6 is 0 Å². The van der Waals surface area contributed by atoms with E-state index < -0.39 is 30.3 Å². The first-order valence-electron chi connectivity index (χ1n) is 9.64. The lowest BCUT2D eigenvalue weighted by molar-refractivity contribution is -0.153. The van der Waals surface area contributed by atoms with Gasteiger partial charge in [0.25, 0.3) is 5.56 Å². The van der Waals surface area contributed by atoms with Crippen molar-refractivity contribution in [3.63, 3.8) is 0 Å². The molecule has 2 aliphatic rings. The summed E-state index contributed by atoms with van der Waals surface area (Å²) in [5.74, 6) is -0.676. The SMILES string of the molecule is CC1COCCN1c1cc(=O)n2c(n1)N(Cc1cccnc1F)C(C(F)(F)F)CC2. The van der Waals surface area contributed by atoms with E-state index in [1.54, 1.807) is 0 Å². The maximum atomic E-state index is 14.1. The third kappa shape index (κ3) is 3.85. The second-order valence-corrected chi connectivity index (χ2v) is 7.45. The van der Waals surface area contributed by atoms with Crippen LogP contribution < -0.4 is 15.4 Å². The van der Waals surface area contributed by atoms with Gasteiger partial charge in [0, 0.05) is 30.9 Å². The highest BCUT2D eigenvalue weighted by Crippen LogP contribution is 2.35. The number of ether oxygens (including phenoxy) is 1. The fourth-order valence-electron chi connectivity index (χ4n) is 3.91. The van der Waals surface area contributed by atoms with Crippen LogP contribution in [0.15, 0.2) is 29.2 Å². The third-order valence-electron chi connectivity index (χ3n) is 5.45. The van der Waals surface area contributed by atoms with Gasteiger partial charge in [0.05, 0.1) is 25.8 Å². The molecule has 1 fully saturated rings. The van der Waals surface area contributed by atoms with E-state index >= 15 is 0 Å². The van der Waals surface area contributed by atoms with Gasteiger partial charge in [-0.2, -0.15) is 22.5 Å². The van der Waals surface area contributed by atoms with Gasteiger partial charge in [-0.25, -0.2) is 4.98 Å². The molecule has 162 valence electrons. The normalized spacial score (nSPS) is 22.2. The first kappa shape index (κ1) is 20.6. The Morgan fingerprint density at radius 1 is 1.30 bits per heavy atom. The van der Waals surface area contributed by atoms with Crippen LogP contribution in [-0.4, -0.2) is 52.6 Å². The molecule has 11 heteroatoms. The second-order valence-electron chi connectivity index (χ2n) is 7.45. The summed E-state index contributed by atoms with van der Waals surface area (Å²) in [7, 11) is 0. The summed E-state index contributed by atoms with van der Waals surface area (Å²) in [6.07, 6.45) is -3.66. The number of hydrogen-bond donors (Lipinski definition) is 0. The Hall–Kier alpha value is -2.69. The monoisotopic (exact) mass is 427 g/mol. The minimum absolute atomic E-state index is 0.000377. The van der Waals surface area contributed by atoms with Gasteiger partial charge in [0.2, 0.25) is 11.9 Å². The van der Waals surface area contributed by atoms with Crippen LogP contribution in [0.1, 0.15) is 18.9 Å². The number of morpholine rings is 1. The van der Waals surface area contributed by atoms with Crippen molar-refractivity contribution in [3.05, 3.63) is 46.3 Å². The molecular weight excluding hydrogens is 406 g/mol. The topological polar surface area (TPSA) is 63.5 Å². The van der Waals surface area contributed by atoms with Crippen LogP contribution in [-0.2, 0) is 17.8 Å². The van der Waals surface area contributed by atoms with Gasteiger partial charge in [0.15, 0.2) is 0 Å². The molecule has 0 spiro atoms. The van der Waals surface area contributed by atoms with E-state index in [2.05, 4.69) is 9.97 Å². The summed E-state index contributed by atoms with van der Waals surface area (Å²) in [6, 6.07) is 2.20. The average Bonchev–Trinajstić information content (AvgIpc) is 2.69. The molecule has 0 bridgehead atoms. The van der Waals surface area contributed by atoms with Crippen molar-refractivity contribution in [2.24, 2.45) is 0 Å². The zero-order chi connectivity index (χ0) is 21.5. The Morgan fingerprint density at radius 3 is 2.80 bits per heavy atom. The fourth-order valence-corrected chi connectivity index (χ4v) is 3.91. The van der Waals surface area contributed by atoms with Gasteiger partial charge >= 0.3 is 6.18 Å². The molecule has 2 aromatic heterocycles. The number of anilines is 2. The highest BCUT2D eigenvalue weighted by Gasteiger charge is 2.47. The van der Waals surface area contributed by atoms with Gasteiger partial charge in [-0.05, 0) is 19.4 Å².